The molecule has 1 rings (SSSR count). The number of rotatable bonds is 13. The molecule has 194 valence electrons. The minimum absolute atomic E-state index is 0.112. The van der Waals surface area contributed by atoms with Crippen molar-refractivity contribution >= 4 is 48.5 Å². The number of nitrogens with zero attached hydrogens (tertiary/aromatic N) is 1. The van der Waals surface area contributed by atoms with Crippen molar-refractivity contribution < 1.29 is 43.4 Å². The molecular formula is C22H30BrN2O9P. The van der Waals surface area contributed by atoms with Crippen molar-refractivity contribution in [3.63, 3.8) is 0 Å². The molecule has 0 aliphatic heterocycles. The monoisotopic (exact) mass is 576 g/mol. The molecule has 1 aromatic rings. The van der Waals surface area contributed by atoms with E-state index in [0.717, 1.165) is 10.0 Å². The van der Waals surface area contributed by atoms with Crippen molar-refractivity contribution in [3.8, 4) is 0 Å². The topological polar surface area (TPSA) is 160 Å². The summed E-state index contributed by atoms with van der Waals surface area (Å²) in [5, 5.41) is 21.5. The number of aliphatic hydroxyl groups excluding tert-OH is 1. The largest absolute Gasteiger partial charge is 0.480 e. The molecule has 0 aliphatic carbocycles. The Morgan fingerprint density at radius 1 is 1.09 bits per heavy atom. The molecule has 4 unspecified atom stereocenters. The number of halogens is 1. The van der Waals surface area contributed by atoms with Gasteiger partial charge in [0, 0.05) is 17.3 Å². The molecule has 13 heteroatoms. The summed E-state index contributed by atoms with van der Waals surface area (Å²) in [4.78, 5) is 48.4. The van der Waals surface area contributed by atoms with E-state index >= 15 is 0 Å². The number of hydrogen-bond donors (Lipinski definition) is 3. The minimum Gasteiger partial charge on any atom is -0.480 e. The Bertz CT molecular complexity index is 897. The Labute approximate surface area is 213 Å². The molecule has 3 N–H and O–H groups in total. The van der Waals surface area contributed by atoms with Crippen molar-refractivity contribution in [2.24, 2.45) is 11.8 Å². The zero-order valence-electron chi connectivity index (χ0n) is 19.8. The van der Waals surface area contributed by atoms with Crippen molar-refractivity contribution in [1.29, 1.82) is 0 Å². The minimum atomic E-state index is -1.36. The van der Waals surface area contributed by atoms with Gasteiger partial charge >= 0.3 is 18.0 Å². The van der Waals surface area contributed by atoms with E-state index in [9.17, 15) is 34.0 Å². The highest BCUT2D eigenvalue weighted by Gasteiger charge is 2.34. The van der Waals surface area contributed by atoms with Gasteiger partial charge in [0.05, 0.1) is 18.6 Å². The van der Waals surface area contributed by atoms with Crippen LogP contribution in [0.1, 0.15) is 39.7 Å². The maximum Gasteiger partial charge on any atom is 0.410 e. The summed E-state index contributed by atoms with van der Waals surface area (Å²) in [7, 11) is -0.798. The molecular weight excluding hydrogens is 547 g/mol. The van der Waals surface area contributed by atoms with Crippen LogP contribution in [0, 0.1) is 11.8 Å². The number of carboxylic acids is 1. The lowest BCUT2D eigenvalue weighted by molar-refractivity contribution is -0.168. The first-order chi connectivity index (χ1) is 16.4. The smallest absolute Gasteiger partial charge is 0.410 e. The predicted octanol–water partition coefficient (Wildman–Crippen LogP) is 3.14. The lowest BCUT2D eigenvalue weighted by Crippen LogP contribution is -2.45. The van der Waals surface area contributed by atoms with Crippen LogP contribution in [-0.2, 0) is 34.8 Å². The zero-order chi connectivity index (χ0) is 26.7. The second-order valence-corrected chi connectivity index (χ2v) is 9.64. The summed E-state index contributed by atoms with van der Waals surface area (Å²) in [5.74, 6) is -3.99. The Morgan fingerprint density at radius 3 is 2.17 bits per heavy atom. The number of aliphatic hydroxyl groups is 1. The van der Waals surface area contributed by atoms with Crippen LogP contribution in [0.15, 0.2) is 28.7 Å². The molecule has 0 bridgehead atoms. The number of esters is 1. The molecule has 4 atom stereocenters. The quantitative estimate of drug-likeness (QED) is 0.182. The number of hydrogen-bond acceptors (Lipinski definition) is 8. The Kier molecular flexibility index (Phi) is 12.8. The van der Waals surface area contributed by atoms with Crippen LogP contribution >= 0.6 is 24.5 Å². The number of carbonyl (C=O) groups excluding carboxylic acids is 3. The van der Waals surface area contributed by atoms with Crippen LogP contribution in [0.25, 0.3) is 0 Å². The average molecular weight is 577 g/mol. The van der Waals surface area contributed by atoms with E-state index in [1.807, 2.05) is 0 Å². The number of ether oxygens (including phenoxy) is 2. The maximum absolute atomic E-state index is 13.2. The van der Waals surface area contributed by atoms with Crippen molar-refractivity contribution in [2.75, 3.05) is 6.61 Å². The fraction of sp³-hybridized carbons (Fsp3) is 0.545. The Balaban J connectivity index is 3.01. The fourth-order valence-electron chi connectivity index (χ4n) is 2.97. The molecule has 35 heavy (non-hydrogen) atoms. The van der Waals surface area contributed by atoms with E-state index in [-0.39, 0.29) is 12.8 Å². The number of amides is 2. The summed E-state index contributed by atoms with van der Waals surface area (Å²) in [6, 6.07) is 4.70. The van der Waals surface area contributed by atoms with Gasteiger partial charge in [-0.05, 0) is 37.5 Å². The summed E-state index contributed by atoms with van der Waals surface area (Å²) in [6.07, 6.45) is -2.16. The first-order valence-corrected chi connectivity index (χ1v) is 12.4. The zero-order valence-corrected chi connectivity index (χ0v) is 22.3. The third-order valence-electron chi connectivity index (χ3n) is 4.92. The first kappa shape index (κ1) is 30.5. The molecule has 1 aromatic carbocycles. The average Bonchev–Trinajstić information content (AvgIpc) is 2.79. The molecule has 2 amide bonds. The number of benzene rings is 1. The molecule has 0 radical (unpaired) electrons. The maximum atomic E-state index is 13.2. The van der Waals surface area contributed by atoms with E-state index in [1.165, 1.54) is 13.8 Å². The van der Waals surface area contributed by atoms with Crippen LogP contribution in [0.5, 0.6) is 0 Å². The fourth-order valence-corrected chi connectivity index (χ4v) is 3.72. The highest BCUT2D eigenvalue weighted by molar-refractivity contribution is 9.10. The number of nitrogens with one attached hydrogen (secondary N) is 1. The second-order valence-electron chi connectivity index (χ2n) is 8.13. The lowest BCUT2D eigenvalue weighted by Gasteiger charge is -2.27. The van der Waals surface area contributed by atoms with Gasteiger partial charge < -0.3 is 25.0 Å². The molecule has 0 spiro atoms. The van der Waals surface area contributed by atoms with E-state index in [1.54, 1.807) is 38.1 Å². The SMILES string of the molecule is CC(OC(=O)NC(CO)CC(Cc1ccc(Br)cc1)C(=O)N(P=O)C(C)C(=O)O)OC(=O)C(C)C. The number of carbonyl (C=O) groups is 4. The lowest BCUT2D eigenvalue weighted by atomic mass is 9.91. The molecule has 0 fully saturated rings. The summed E-state index contributed by atoms with van der Waals surface area (Å²) >= 11 is 3.32. The standard InChI is InChI=1S/C22H30BrN2O9P/c1-12(2)21(30)33-14(4)34-22(31)24-18(11-26)10-16(9-15-5-7-17(23)8-6-15)19(27)25(35-32)13(3)20(28)29/h5-8,12-14,16,18,26H,9-11H2,1-4H3,(H,24,31)(H,28,29). The third-order valence-corrected chi connectivity index (χ3v) is 6.17. The molecule has 0 aromatic heterocycles. The molecule has 11 nitrogen and oxygen atoms in total. The van der Waals surface area contributed by atoms with Crippen LogP contribution < -0.4 is 5.32 Å². The van der Waals surface area contributed by atoms with Gasteiger partial charge in [-0.25, -0.2) is 18.8 Å². The van der Waals surface area contributed by atoms with Gasteiger partial charge in [-0.15, -0.1) is 0 Å². The Morgan fingerprint density at radius 2 is 1.69 bits per heavy atom. The van der Waals surface area contributed by atoms with Crippen molar-refractivity contribution in [1.82, 2.24) is 9.99 Å². The highest BCUT2D eigenvalue weighted by atomic mass is 79.9. The van der Waals surface area contributed by atoms with Gasteiger partial charge in [0.2, 0.25) is 12.2 Å². The molecule has 0 saturated heterocycles. The third kappa shape index (κ3) is 10.3. The second kappa shape index (κ2) is 14.8. The van der Waals surface area contributed by atoms with Crippen LogP contribution in [-0.4, -0.2) is 63.8 Å². The van der Waals surface area contributed by atoms with Crippen molar-refractivity contribution in [3.05, 3.63) is 34.3 Å². The van der Waals surface area contributed by atoms with Gasteiger partial charge in [-0.2, -0.15) is 0 Å². The van der Waals surface area contributed by atoms with Crippen molar-refractivity contribution in [2.45, 2.75) is 58.9 Å². The van der Waals surface area contributed by atoms with Gasteiger partial charge in [-0.1, -0.05) is 41.9 Å². The number of alkyl carbamates (subject to hydrolysis) is 1. The van der Waals surface area contributed by atoms with E-state index in [4.69, 9.17) is 9.47 Å². The summed E-state index contributed by atoms with van der Waals surface area (Å²) in [5.41, 5.74) is 0.727. The van der Waals surface area contributed by atoms with Gasteiger partial charge in [0.25, 0.3) is 8.61 Å². The normalized spacial score (nSPS) is 14.5. The highest BCUT2D eigenvalue weighted by Crippen LogP contribution is 2.24. The van der Waals surface area contributed by atoms with Crippen LogP contribution in [0.4, 0.5) is 4.79 Å². The first-order valence-electron chi connectivity index (χ1n) is 10.8. The van der Waals surface area contributed by atoms with Gasteiger partial charge in [0.15, 0.2) is 0 Å². The molecule has 0 aliphatic rings. The van der Waals surface area contributed by atoms with E-state index in [2.05, 4.69) is 21.2 Å². The summed E-state index contributed by atoms with van der Waals surface area (Å²) in [6.45, 7) is 5.25. The van der Waals surface area contributed by atoms with Gasteiger partial charge in [0.1, 0.15) is 6.04 Å². The number of aliphatic carboxylic acids is 1. The predicted molar refractivity (Wildman–Crippen MR) is 128 cm³/mol. The Hall–Kier alpha value is -2.56. The summed E-state index contributed by atoms with van der Waals surface area (Å²) < 4.78 is 23.1. The number of carboxylic acid groups (broad SMARTS) is 1. The molecule has 0 saturated carbocycles. The van der Waals surface area contributed by atoms with Gasteiger partial charge in [-0.3, -0.25) is 9.59 Å². The molecule has 0 heterocycles. The van der Waals surface area contributed by atoms with E-state index < -0.39 is 69.4 Å². The van der Waals surface area contributed by atoms with E-state index in [0.29, 0.717) is 4.67 Å². The van der Waals surface area contributed by atoms with Crippen LogP contribution in [0.3, 0.4) is 0 Å². The van der Waals surface area contributed by atoms with Crippen LogP contribution in [0.2, 0.25) is 0 Å².